The summed E-state index contributed by atoms with van der Waals surface area (Å²) in [7, 11) is 40.9. The molecule has 0 fully saturated rings. The third-order valence-corrected chi connectivity index (χ3v) is 3.31. The van der Waals surface area contributed by atoms with Gasteiger partial charge in [0, 0.05) is 0 Å². The Bertz CT molecular complexity index is 650. The predicted molar refractivity (Wildman–Crippen MR) is 92.1 cm³/mol. The fourth-order valence-electron chi connectivity index (χ4n) is 1.91. The Labute approximate surface area is 128 Å². The average Bonchev–Trinajstić information content (AvgIpc) is 2.42. The lowest BCUT2D eigenvalue weighted by Gasteiger charge is -2.20. The molecule has 1 aromatic heterocycles. The van der Waals surface area contributed by atoms with Gasteiger partial charge >= 0.3 is 0 Å². The second-order valence-electron chi connectivity index (χ2n) is 4.55. The third-order valence-electron chi connectivity index (χ3n) is 3.31. The third kappa shape index (κ3) is 2.30. The largest absolute Gasteiger partial charge is 0.266 e. The van der Waals surface area contributed by atoms with Crippen molar-refractivity contribution in [1.82, 2.24) is 4.98 Å². The topological polar surface area (TPSA) is 12.9 Å². The van der Waals surface area contributed by atoms with Crippen LogP contribution in [0.25, 0.3) is 11.3 Å². The van der Waals surface area contributed by atoms with Crippen molar-refractivity contribution in [3.05, 3.63) is 11.6 Å². The number of pyridine rings is 1. The first-order valence-corrected chi connectivity index (χ1v) is 5.80. The summed E-state index contributed by atoms with van der Waals surface area (Å²) in [4.78, 5) is 4.17. The average molecular weight is 238 g/mol. The van der Waals surface area contributed by atoms with Gasteiger partial charge in [-0.1, -0.05) is 28.0 Å². The summed E-state index contributed by atoms with van der Waals surface area (Å²) in [5, 5.41) is 0. The highest BCUT2D eigenvalue weighted by molar-refractivity contribution is 6.63. The number of aromatic nitrogens is 1. The lowest BCUT2D eigenvalue weighted by atomic mass is 9.64. The summed E-state index contributed by atoms with van der Waals surface area (Å²) in [6.07, 6.45) is 0. The summed E-state index contributed by atoms with van der Waals surface area (Å²) in [6.45, 7) is 1.74. The number of hydrogen-bond acceptors (Lipinski definition) is 1. The number of rotatable bonds is 1. The molecule has 0 aliphatic heterocycles. The van der Waals surface area contributed by atoms with Gasteiger partial charge in [-0.15, -0.1) is 16.4 Å². The van der Waals surface area contributed by atoms with E-state index in [1.807, 2.05) is 0 Å². The molecule has 2 rings (SSSR count). The van der Waals surface area contributed by atoms with Crippen molar-refractivity contribution in [2.75, 3.05) is 0 Å². The van der Waals surface area contributed by atoms with Gasteiger partial charge in [0.15, 0.2) is 0 Å². The molecule has 0 amide bonds. The minimum absolute atomic E-state index is 0.167. The first-order valence-electron chi connectivity index (χ1n) is 5.80. The van der Waals surface area contributed by atoms with E-state index in [9.17, 15) is 0 Å². The SMILES string of the molecule is [B]c1cc(-c2nc([B])c([B])c(C)c2[B])c([B])c([B])c1[B]. The minimum atomic E-state index is 0.167. The second-order valence-corrected chi connectivity index (χ2v) is 4.55. The van der Waals surface area contributed by atoms with Gasteiger partial charge in [0.1, 0.15) is 54.9 Å². The van der Waals surface area contributed by atoms with Crippen molar-refractivity contribution in [1.29, 1.82) is 0 Å². The van der Waals surface area contributed by atoms with Gasteiger partial charge in [0.05, 0.1) is 5.69 Å². The van der Waals surface area contributed by atoms with Crippen LogP contribution >= 0.6 is 0 Å². The van der Waals surface area contributed by atoms with Gasteiger partial charge < -0.3 is 0 Å². The molecule has 8 heteroatoms. The molecular formula is C12H4B7N. The van der Waals surface area contributed by atoms with Crippen LogP contribution in [-0.4, -0.2) is 59.9 Å². The second kappa shape index (κ2) is 5.31. The van der Waals surface area contributed by atoms with E-state index in [1.54, 1.807) is 13.0 Å². The predicted octanol–water partition coefficient (Wildman–Crippen LogP) is -5.39. The molecule has 0 saturated carbocycles. The maximum Gasteiger partial charge on any atom is 0.140 e. The Balaban J connectivity index is 2.83. The molecule has 0 bridgehead atoms. The summed E-state index contributed by atoms with van der Waals surface area (Å²) in [5.74, 6) is 0. The van der Waals surface area contributed by atoms with Gasteiger partial charge in [0.2, 0.25) is 0 Å². The number of nitrogens with zero attached hydrogens (tertiary/aromatic N) is 1. The zero-order valence-electron chi connectivity index (χ0n) is 11.1. The molecule has 2 aromatic rings. The van der Waals surface area contributed by atoms with Crippen molar-refractivity contribution in [2.24, 2.45) is 0 Å². The van der Waals surface area contributed by atoms with Crippen molar-refractivity contribution in [3.8, 4) is 11.3 Å². The monoisotopic (exact) mass is 239 g/mol. The van der Waals surface area contributed by atoms with Crippen LogP contribution in [0, 0.1) is 6.92 Å². The van der Waals surface area contributed by atoms with E-state index < -0.39 is 0 Å². The smallest absolute Gasteiger partial charge is 0.140 e. The molecule has 0 aliphatic carbocycles. The van der Waals surface area contributed by atoms with Crippen molar-refractivity contribution < 1.29 is 0 Å². The zero-order chi connectivity index (χ0) is 15.2. The van der Waals surface area contributed by atoms with E-state index in [-0.39, 0.29) is 22.0 Å². The highest BCUT2D eigenvalue weighted by Gasteiger charge is 2.13. The first-order chi connectivity index (χ1) is 9.25. The quantitative estimate of drug-likeness (QED) is 0.452. The van der Waals surface area contributed by atoms with Gasteiger partial charge in [-0.25, -0.2) is 0 Å². The molecule has 78 valence electrons. The van der Waals surface area contributed by atoms with Gasteiger partial charge in [-0.3, -0.25) is 4.98 Å². The van der Waals surface area contributed by atoms with Crippen molar-refractivity contribution in [2.45, 2.75) is 6.92 Å². The summed E-state index contributed by atoms with van der Waals surface area (Å²) >= 11 is 0. The van der Waals surface area contributed by atoms with E-state index in [2.05, 4.69) is 4.98 Å². The Morgan fingerprint density at radius 2 is 1.35 bits per heavy atom. The van der Waals surface area contributed by atoms with Crippen LogP contribution in [0.2, 0.25) is 0 Å². The van der Waals surface area contributed by atoms with E-state index >= 15 is 0 Å². The van der Waals surface area contributed by atoms with Crippen LogP contribution in [0.15, 0.2) is 6.07 Å². The molecule has 0 spiro atoms. The molecule has 0 aliphatic rings. The Morgan fingerprint density at radius 3 is 1.95 bits per heavy atom. The molecule has 20 heavy (non-hydrogen) atoms. The zero-order valence-corrected chi connectivity index (χ0v) is 11.1. The molecule has 1 heterocycles. The highest BCUT2D eigenvalue weighted by Crippen LogP contribution is 2.08. The first kappa shape index (κ1) is 15.2. The number of hydrogen-bond donors (Lipinski definition) is 0. The van der Waals surface area contributed by atoms with Crippen molar-refractivity contribution in [3.63, 3.8) is 0 Å². The summed E-state index contributed by atoms with van der Waals surface area (Å²) < 4.78 is 0. The molecular weight excluding hydrogens is 234 g/mol. The van der Waals surface area contributed by atoms with Crippen LogP contribution in [0.1, 0.15) is 5.56 Å². The fourth-order valence-corrected chi connectivity index (χ4v) is 1.91. The van der Waals surface area contributed by atoms with Gasteiger partial charge in [-0.2, -0.15) is 0 Å². The normalized spacial score (nSPS) is 10.7. The van der Waals surface area contributed by atoms with Crippen LogP contribution in [0.3, 0.4) is 0 Å². The number of benzene rings is 1. The molecule has 1 aromatic carbocycles. The van der Waals surface area contributed by atoms with Crippen molar-refractivity contribution >= 4 is 93.3 Å². The van der Waals surface area contributed by atoms with Crippen LogP contribution in [0.4, 0.5) is 0 Å². The maximum atomic E-state index is 6.02. The highest BCUT2D eigenvalue weighted by atomic mass is 14.7. The fraction of sp³-hybridized carbons (Fsp3) is 0.0833. The lowest BCUT2D eigenvalue weighted by Crippen LogP contribution is -2.49. The standard InChI is InChI=1S/C12H4B7N/c1-3-6(14)11(20-12(19)7(3)15)4-2-5(13)9(17)10(18)8(4)16/h2H,1H3. The van der Waals surface area contributed by atoms with Crippen LogP contribution in [-0.2, 0) is 0 Å². The van der Waals surface area contributed by atoms with E-state index in [0.717, 1.165) is 0 Å². The molecule has 0 atom stereocenters. The van der Waals surface area contributed by atoms with Crippen LogP contribution < -0.4 is 38.4 Å². The molecule has 0 saturated heterocycles. The van der Waals surface area contributed by atoms with E-state index in [1.165, 1.54) is 0 Å². The molecule has 14 radical (unpaired) electrons. The minimum Gasteiger partial charge on any atom is -0.266 e. The Morgan fingerprint density at radius 1 is 0.750 bits per heavy atom. The van der Waals surface area contributed by atoms with E-state index in [0.29, 0.717) is 33.2 Å². The Kier molecular flexibility index (Phi) is 4.04. The molecule has 0 N–H and O–H groups in total. The lowest BCUT2D eigenvalue weighted by molar-refractivity contribution is 1.39. The molecule has 1 nitrogen and oxygen atoms in total. The van der Waals surface area contributed by atoms with Gasteiger partial charge in [0.25, 0.3) is 0 Å². The van der Waals surface area contributed by atoms with E-state index in [4.69, 9.17) is 54.9 Å². The molecule has 0 unspecified atom stereocenters. The van der Waals surface area contributed by atoms with Crippen LogP contribution in [0.5, 0.6) is 0 Å². The Hall–Kier alpha value is -1.18. The van der Waals surface area contributed by atoms with Gasteiger partial charge in [-0.05, 0) is 18.1 Å². The summed E-state index contributed by atoms with van der Waals surface area (Å²) in [5.41, 5.74) is 3.31. The maximum absolute atomic E-state index is 6.02. The summed E-state index contributed by atoms with van der Waals surface area (Å²) in [6, 6.07) is 1.56.